The SMILES string of the molecule is CCC=CC1CCOCC1. The van der Waals surface area contributed by atoms with Gasteiger partial charge in [0.05, 0.1) is 0 Å². The fourth-order valence-corrected chi connectivity index (χ4v) is 1.24. The highest BCUT2D eigenvalue weighted by atomic mass is 16.5. The molecule has 0 spiro atoms. The molecule has 0 radical (unpaired) electrons. The summed E-state index contributed by atoms with van der Waals surface area (Å²) in [6.45, 7) is 4.09. The Morgan fingerprint density at radius 1 is 1.40 bits per heavy atom. The Hall–Kier alpha value is -0.300. The van der Waals surface area contributed by atoms with Gasteiger partial charge in [0.25, 0.3) is 0 Å². The molecule has 1 saturated heterocycles. The molecule has 1 aliphatic rings. The molecular weight excluding hydrogens is 124 g/mol. The van der Waals surface area contributed by atoms with E-state index in [2.05, 4.69) is 19.1 Å². The highest BCUT2D eigenvalue weighted by Gasteiger charge is 2.08. The zero-order chi connectivity index (χ0) is 7.23. The molecule has 1 rings (SSSR count). The van der Waals surface area contributed by atoms with Crippen LogP contribution >= 0.6 is 0 Å². The summed E-state index contributed by atoms with van der Waals surface area (Å²) in [5, 5.41) is 0. The lowest BCUT2D eigenvalue weighted by atomic mass is 10.00. The summed E-state index contributed by atoms with van der Waals surface area (Å²) >= 11 is 0. The number of hydrogen-bond donors (Lipinski definition) is 0. The summed E-state index contributed by atoms with van der Waals surface area (Å²) in [7, 11) is 0. The van der Waals surface area contributed by atoms with Crippen LogP contribution in [0.15, 0.2) is 12.2 Å². The van der Waals surface area contributed by atoms with Gasteiger partial charge < -0.3 is 4.74 Å². The maximum absolute atomic E-state index is 5.25. The average Bonchev–Trinajstić information content (AvgIpc) is 2.03. The first-order valence-corrected chi connectivity index (χ1v) is 4.18. The Morgan fingerprint density at radius 2 is 2.10 bits per heavy atom. The zero-order valence-electron chi connectivity index (χ0n) is 6.68. The predicted molar refractivity (Wildman–Crippen MR) is 43.0 cm³/mol. The van der Waals surface area contributed by atoms with Crippen molar-refractivity contribution in [2.24, 2.45) is 5.92 Å². The number of hydrogen-bond acceptors (Lipinski definition) is 1. The number of rotatable bonds is 2. The summed E-state index contributed by atoms with van der Waals surface area (Å²) in [6, 6.07) is 0. The van der Waals surface area contributed by atoms with E-state index in [9.17, 15) is 0 Å². The molecule has 1 fully saturated rings. The molecule has 1 heteroatoms. The minimum Gasteiger partial charge on any atom is -0.381 e. The molecular formula is C9H16O. The fourth-order valence-electron chi connectivity index (χ4n) is 1.24. The molecule has 0 unspecified atom stereocenters. The molecule has 0 atom stereocenters. The van der Waals surface area contributed by atoms with E-state index < -0.39 is 0 Å². The Morgan fingerprint density at radius 3 is 2.70 bits per heavy atom. The van der Waals surface area contributed by atoms with Crippen molar-refractivity contribution in [1.82, 2.24) is 0 Å². The van der Waals surface area contributed by atoms with E-state index in [1.807, 2.05) is 0 Å². The summed E-state index contributed by atoms with van der Waals surface area (Å²) in [5.74, 6) is 0.800. The van der Waals surface area contributed by atoms with Gasteiger partial charge >= 0.3 is 0 Å². The van der Waals surface area contributed by atoms with Crippen molar-refractivity contribution in [2.75, 3.05) is 13.2 Å². The highest BCUT2D eigenvalue weighted by Crippen LogP contribution is 2.15. The third-order valence-electron chi connectivity index (χ3n) is 1.91. The summed E-state index contributed by atoms with van der Waals surface area (Å²) < 4.78 is 5.25. The third-order valence-corrected chi connectivity index (χ3v) is 1.91. The van der Waals surface area contributed by atoms with E-state index in [0.29, 0.717) is 0 Å². The van der Waals surface area contributed by atoms with Gasteiger partial charge in [-0.15, -0.1) is 0 Å². The minimum absolute atomic E-state index is 0.800. The average molecular weight is 140 g/mol. The molecule has 0 amide bonds. The molecule has 0 aromatic carbocycles. The second-order valence-electron chi connectivity index (χ2n) is 2.79. The number of ether oxygens (including phenoxy) is 1. The fraction of sp³-hybridized carbons (Fsp3) is 0.778. The van der Waals surface area contributed by atoms with Gasteiger partial charge in [-0.2, -0.15) is 0 Å². The van der Waals surface area contributed by atoms with E-state index in [1.165, 1.54) is 12.8 Å². The zero-order valence-corrected chi connectivity index (χ0v) is 6.68. The van der Waals surface area contributed by atoms with Crippen molar-refractivity contribution in [2.45, 2.75) is 26.2 Å². The lowest BCUT2D eigenvalue weighted by Gasteiger charge is -2.18. The first-order valence-electron chi connectivity index (χ1n) is 4.18. The molecule has 0 N–H and O–H groups in total. The summed E-state index contributed by atoms with van der Waals surface area (Å²) in [4.78, 5) is 0. The van der Waals surface area contributed by atoms with Crippen molar-refractivity contribution in [3.8, 4) is 0 Å². The Bertz CT molecular complexity index is 101. The first kappa shape index (κ1) is 7.80. The Kier molecular flexibility index (Phi) is 3.52. The normalized spacial score (nSPS) is 22.1. The van der Waals surface area contributed by atoms with Gasteiger partial charge in [0.2, 0.25) is 0 Å². The van der Waals surface area contributed by atoms with E-state index in [-0.39, 0.29) is 0 Å². The maximum atomic E-state index is 5.25. The quantitative estimate of drug-likeness (QED) is 0.535. The van der Waals surface area contributed by atoms with Crippen LogP contribution in [0, 0.1) is 5.92 Å². The number of allylic oxidation sites excluding steroid dienone is 2. The van der Waals surface area contributed by atoms with Crippen molar-refractivity contribution >= 4 is 0 Å². The van der Waals surface area contributed by atoms with Crippen molar-refractivity contribution in [1.29, 1.82) is 0 Å². The van der Waals surface area contributed by atoms with E-state index >= 15 is 0 Å². The summed E-state index contributed by atoms with van der Waals surface area (Å²) in [6.07, 6.45) is 8.20. The van der Waals surface area contributed by atoms with E-state index in [4.69, 9.17) is 4.74 Å². The van der Waals surface area contributed by atoms with Crippen LogP contribution in [0.3, 0.4) is 0 Å². The molecule has 1 nitrogen and oxygen atoms in total. The lowest BCUT2D eigenvalue weighted by molar-refractivity contribution is 0.0785. The van der Waals surface area contributed by atoms with Gasteiger partial charge in [-0.05, 0) is 25.2 Å². The molecule has 1 aliphatic heterocycles. The Labute approximate surface area is 63.1 Å². The van der Waals surface area contributed by atoms with Crippen LogP contribution in [0.1, 0.15) is 26.2 Å². The molecule has 0 bridgehead atoms. The van der Waals surface area contributed by atoms with Crippen molar-refractivity contribution in [3.05, 3.63) is 12.2 Å². The van der Waals surface area contributed by atoms with Gasteiger partial charge in [0, 0.05) is 13.2 Å². The second-order valence-corrected chi connectivity index (χ2v) is 2.79. The molecule has 1 heterocycles. The van der Waals surface area contributed by atoms with Crippen molar-refractivity contribution in [3.63, 3.8) is 0 Å². The van der Waals surface area contributed by atoms with Crippen LogP contribution < -0.4 is 0 Å². The summed E-state index contributed by atoms with van der Waals surface area (Å²) in [5.41, 5.74) is 0. The molecule has 0 aliphatic carbocycles. The van der Waals surface area contributed by atoms with Gasteiger partial charge in [0.15, 0.2) is 0 Å². The molecule has 0 saturated carbocycles. The van der Waals surface area contributed by atoms with Crippen LogP contribution in [-0.2, 0) is 4.74 Å². The van der Waals surface area contributed by atoms with Crippen LogP contribution in [0.2, 0.25) is 0 Å². The third kappa shape index (κ3) is 2.53. The van der Waals surface area contributed by atoms with Crippen LogP contribution in [0.5, 0.6) is 0 Å². The largest absolute Gasteiger partial charge is 0.381 e. The highest BCUT2D eigenvalue weighted by molar-refractivity contribution is 4.88. The van der Waals surface area contributed by atoms with Crippen LogP contribution in [0.25, 0.3) is 0 Å². The van der Waals surface area contributed by atoms with Gasteiger partial charge in [-0.25, -0.2) is 0 Å². The topological polar surface area (TPSA) is 9.23 Å². The van der Waals surface area contributed by atoms with E-state index in [1.54, 1.807) is 0 Å². The molecule has 58 valence electrons. The second kappa shape index (κ2) is 4.51. The first-order chi connectivity index (χ1) is 4.93. The van der Waals surface area contributed by atoms with Gasteiger partial charge in [0.1, 0.15) is 0 Å². The molecule has 10 heavy (non-hydrogen) atoms. The van der Waals surface area contributed by atoms with E-state index in [0.717, 1.165) is 25.6 Å². The lowest BCUT2D eigenvalue weighted by Crippen LogP contribution is -2.13. The van der Waals surface area contributed by atoms with Crippen LogP contribution in [0.4, 0.5) is 0 Å². The predicted octanol–water partition coefficient (Wildman–Crippen LogP) is 2.38. The van der Waals surface area contributed by atoms with Crippen molar-refractivity contribution < 1.29 is 4.74 Å². The van der Waals surface area contributed by atoms with Gasteiger partial charge in [-0.1, -0.05) is 19.1 Å². The maximum Gasteiger partial charge on any atom is 0.0471 e. The monoisotopic (exact) mass is 140 g/mol. The molecule has 0 aromatic heterocycles. The smallest absolute Gasteiger partial charge is 0.0471 e. The Balaban J connectivity index is 2.19. The standard InChI is InChI=1S/C9H16O/c1-2-3-4-9-5-7-10-8-6-9/h3-4,9H,2,5-8H2,1H3. The molecule has 0 aromatic rings. The minimum atomic E-state index is 0.800. The van der Waals surface area contributed by atoms with Crippen LogP contribution in [-0.4, -0.2) is 13.2 Å². The van der Waals surface area contributed by atoms with Gasteiger partial charge in [-0.3, -0.25) is 0 Å².